The lowest BCUT2D eigenvalue weighted by Gasteiger charge is -2.35. The van der Waals surface area contributed by atoms with Crippen molar-refractivity contribution in [2.75, 3.05) is 54.7 Å². The number of hydrogen-bond acceptors (Lipinski definition) is 4. The highest BCUT2D eigenvalue weighted by Crippen LogP contribution is 2.15. The van der Waals surface area contributed by atoms with E-state index in [4.69, 9.17) is 9.47 Å². The van der Waals surface area contributed by atoms with Gasteiger partial charge in [-0.2, -0.15) is 0 Å². The molecule has 0 rings (SSSR count). The molecule has 0 radical (unpaired) electrons. The zero-order valence-corrected chi connectivity index (χ0v) is 28.0. The Hall–Kier alpha value is -0.640. The van der Waals surface area contributed by atoms with Crippen molar-refractivity contribution < 1.29 is 63.1 Å². The van der Waals surface area contributed by atoms with Crippen molar-refractivity contribution in [3.8, 4) is 0 Å². The van der Waals surface area contributed by atoms with Crippen molar-refractivity contribution in [3.63, 3.8) is 0 Å². The first-order valence-electron chi connectivity index (χ1n) is 15.3. The SMILES string of the molecule is CCCCCCCCCC(OC[N+](C)(C)CC[N+](C)(C)COC(CCCCCCCCC)C(=O)O)C(=O)O.[Cl-].[Cl-]. The van der Waals surface area contributed by atoms with Gasteiger partial charge in [0.2, 0.25) is 0 Å². The second-order valence-corrected chi connectivity index (χ2v) is 12.4. The summed E-state index contributed by atoms with van der Waals surface area (Å²) in [4.78, 5) is 23.4. The third-order valence-electron chi connectivity index (χ3n) is 7.25. The van der Waals surface area contributed by atoms with Gasteiger partial charge in [0.1, 0.15) is 13.1 Å². The first-order valence-corrected chi connectivity index (χ1v) is 15.3. The van der Waals surface area contributed by atoms with Gasteiger partial charge in [0, 0.05) is 0 Å². The molecule has 2 atom stereocenters. The summed E-state index contributed by atoms with van der Waals surface area (Å²) in [5.74, 6) is -1.78. The van der Waals surface area contributed by atoms with Crippen LogP contribution in [0.4, 0.5) is 0 Å². The number of carboxylic acids is 2. The van der Waals surface area contributed by atoms with Crippen molar-refractivity contribution in [2.45, 2.75) is 129 Å². The second-order valence-electron chi connectivity index (χ2n) is 12.4. The molecule has 2 unspecified atom stereocenters. The Morgan fingerprint density at radius 3 is 1.10 bits per heavy atom. The highest BCUT2D eigenvalue weighted by atomic mass is 35.5. The fraction of sp³-hybridized carbons (Fsp3) is 0.933. The molecule has 0 aliphatic heterocycles. The fourth-order valence-electron chi connectivity index (χ4n) is 4.38. The van der Waals surface area contributed by atoms with Gasteiger partial charge in [-0.15, -0.1) is 0 Å². The molecule has 0 heterocycles. The van der Waals surface area contributed by atoms with Crippen LogP contribution in [0.3, 0.4) is 0 Å². The van der Waals surface area contributed by atoms with Crippen LogP contribution in [0.1, 0.15) is 117 Å². The predicted molar refractivity (Wildman–Crippen MR) is 154 cm³/mol. The smallest absolute Gasteiger partial charge is 0.333 e. The Morgan fingerprint density at radius 1 is 0.550 bits per heavy atom. The normalized spacial score (nSPS) is 13.2. The Balaban J connectivity index is -0.00000684. The van der Waals surface area contributed by atoms with Crippen LogP contribution < -0.4 is 24.8 Å². The molecule has 0 fully saturated rings. The molecule has 0 aromatic carbocycles. The fourth-order valence-corrected chi connectivity index (χ4v) is 4.38. The number of rotatable bonds is 27. The second kappa shape index (κ2) is 26.0. The average Bonchev–Trinajstić information content (AvgIpc) is 2.85. The van der Waals surface area contributed by atoms with E-state index in [-0.39, 0.29) is 24.8 Å². The van der Waals surface area contributed by atoms with E-state index in [1.807, 2.05) is 28.2 Å². The molecule has 0 saturated heterocycles. The third kappa shape index (κ3) is 25.1. The van der Waals surface area contributed by atoms with E-state index in [1.165, 1.54) is 51.4 Å². The molecule has 0 aliphatic rings. The summed E-state index contributed by atoms with van der Waals surface area (Å²) >= 11 is 0. The molecule has 0 spiro atoms. The van der Waals surface area contributed by atoms with Crippen molar-refractivity contribution >= 4 is 11.9 Å². The minimum Gasteiger partial charge on any atom is -1.00 e. The van der Waals surface area contributed by atoms with Gasteiger partial charge in [0.15, 0.2) is 25.7 Å². The first kappa shape index (κ1) is 43.8. The number of nitrogens with zero attached hydrogens (tertiary/aromatic N) is 2. The van der Waals surface area contributed by atoms with E-state index in [0.29, 0.717) is 35.3 Å². The van der Waals surface area contributed by atoms with Gasteiger partial charge in [-0.1, -0.05) is 104 Å². The van der Waals surface area contributed by atoms with Crippen molar-refractivity contribution in [2.24, 2.45) is 0 Å². The maximum Gasteiger partial charge on any atom is 0.333 e. The molecule has 0 saturated carbocycles. The van der Waals surface area contributed by atoms with E-state index >= 15 is 0 Å². The number of halogens is 2. The number of likely N-dealkylation sites (N-methyl/N-ethyl adjacent to an activating group) is 2. The van der Waals surface area contributed by atoms with Crippen LogP contribution in [-0.4, -0.2) is 98.1 Å². The molecule has 8 nitrogen and oxygen atoms in total. The molecular formula is C30H62Cl2N2O6. The molecule has 0 aliphatic carbocycles. The molecule has 242 valence electrons. The summed E-state index contributed by atoms with van der Waals surface area (Å²) in [5.41, 5.74) is 0. The lowest BCUT2D eigenvalue weighted by molar-refractivity contribution is -0.963. The van der Waals surface area contributed by atoms with Crippen LogP contribution in [0, 0.1) is 0 Å². The summed E-state index contributed by atoms with van der Waals surface area (Å²) in [6.45, 7) is 6.58. The number of carbonyl (C=O) groups is 2. The first-order chi connectivity index (χ1) is 17.9. The van der Waals surface area contributed by atoms with Crippen molar-refractivity contribution in [3.05, 3.63) is 0 Å². The maximum atomic E-state index is 11.7. The van der Waals surface area contributed by atoms with Crippen LogP contribution in [-0.2, 0) is 19.1 Å². The van der Waals surface area contributed by atoms with Crippen LogP contribution in [0.2, 0.25) is 0 Å². The monoisotopic (exact) mass is 616 g/mol. The maximum absolute atomic E-state index is 11.7. The van der Waals surface area contributed by atoms with Gasteiger partial charge in [0.05, 0.1) is 28.2 Å². The van der Waals surface area contributed by atoms with Gasteiger partial charge in [-0.3, -0.25) is 0 Å². The molecule has 2 N–H and O–H groups in total. The third-order valence-corrected chi connectivity index (χ3v) is 7.25. The van der Waals surface area contributed by atoms with Crippen LogP contribution in [0.25, 0.3) is 0 Å². The Morgan fingerprint density at radius 2 is 0.825 bits per heavy atom. The Labute approximate surface area is 258 Å². The summed E-state index contributed by atoms with van der Waals surface area (Å²) in [6, 6.07) is 0. The van der Waals surface area contributed by atoms with Gasteiger partial charge in [0.25, 0.3) is 0 Å². The van der Waals surface area contributed by atoms with E-state index < -0.39 is 24.1 Å². The van der Waals surface area contributed by atoms with E-state index in [2.05, 4.69) is 13.8 Å². The topological polar surface area (TPSA) is 93.1 Å². The summed E-state index contributed by atoms with van der Waals surface area (Å²) in [5, 5.41) is 19.2. The molecule has 0 aromatic heterocycles. The highest BCUT2D eigenvalue weighted by molar-refractivity contribution is 5.72. The number of hydrogen-bond donors (Lipinski definition) is 2. The van der Waals surface area contributed by atoms with Crippen molar-refractivity contribution in [1.29, 1.82) is 0 Å². The largest absolute Gasteiger partial charge is 1.00 e. The van der Waals surface area contributed by atoms with Gasteiger partial charge in [-0.25, -0.2) is 9.59 Å². The molecule has 0 bridgehead atoms. The molecule has 10 heteroatoms. The zero-order chi connectivity index (χ0) is 28.9. The van der Waals surface area contributed by atoms with Gasteiger partial charge in [-0.05, 0) is 12.8 Å². The minimum atomic E-state index is -0.888. The quantitative estimate of drug-likeness (QED) is 0.0783. The predicted octanol–water partition coefficient (Wildman–Crippen LogP) is 0.283. The molecule has 40 heavy (non-hydrogen) atoms. The number of quaternary nitrogens is 2. The lowest BCUT2D eigenvalue weighted by Crippen LogP contribution is -3.00. The van der Waals surface area contributed by atoms with Gasteiger partial charge >= 0.3 is 11.9 Å². The van der Waals surface area contributed by atoms with Gasteiger partial charge < -0.3 is 53.5 Å². The van der Waals surface area contributed by atoms with Crippen LogP contribution in [0.5, 0.6) is 0 Å². The van der Waals surface area contributed by atoms with E-state index in [9.17, 15) is 19.8 Å². The zero-order valence-electron chi connectivity index (χ0n) is 26.5. The molecule has 0 aromatic rings. The van der Waals surface area contributed by atoms with E-state index in [1.54, 1.807) is 0 Å². The Kier molecular flexibility index (Phi) is 28.5. The summed E-state index contributed by atoms with van der Waals surface area (Å²) in [6.07, 6.45) is 15.7. The number of carboxylic acid groups (broad SMARTS) is 2. The summed E-state index contributed by atoms with van der Waals surface area (Å²) in [7, 11) is 8.14. The minimum absolute atomic E-state index is 0. The number of aliphatic carboxylic acids is 2. The average molecular weight is 618 g/mol. The molecule has 0 amide bonds. The van der Waals surface area contributed by atoms with Crippen molar-refractivity contribution in [1.82, 2.24) is 0 Å². The standard InChI is InChI=1S/C30H60N2O6.2ClH/c1-7-9-11-13-15-17-19-21-27(29(33)34)37-25-31(3,4)23-24-32(5,6)26-38-28(30(35)36)22-20-18-16-14-12-10-8-2;;/h27-28H,7-26H2,1-6H3;2*1H. The van der Waals surface area contributed by atoms with Crippen LogP contribution in [0.15, 0.2) is 0 Å². The highest BCUT2D eigenvalue weighted by Gasteiger charge is 2.28. The number of ether oxygens (including phenoxy) is 2. The van der Waals surface area contributed by atoms with E-state index in [0.717, 1.165) is 51.6 Å². The number of unbranched alkanes of at least 4 members (excludes halogenated alkanes) is 12. The summed E-state index contributed by atoms with van der Waals surface area (Å²) < 4.78 is 12.8. The lowest BCUT2D eigenvalue weighted by atomic mass is 10.1. The van der Waals surface area contributed by atoms with Crippen LogP contribution >= 0.6 is 0 Å². The Bertz CT molecular complexity index is 571. The molecular weight excluding hydrogens is 555 g/mol.